The molecular formula is C20H19N3O4. The second-order valence-electron chi connectivity index (χ2n) is 6.46. The number of likely N-dealkylation sites (tertiary alicyclic amines) is 1. The van der Waals surface area contributed by atoms with Crippen LogP contribution in [-0.2, 0) is 4.79 Å². The van der Waals surface area contributed by atoms with Gasteiger partial charge in [0.25, 0.3) is 5.91 Å². The van der Waals surface area contributed by atoms with Crippen molar-refractivity contribution in [1.82, 2.24) is 15.0 Å². The summed E-state index contributed by atoms with van der Waals surface area (Å²) in [5, 5.41) is 14.6. The lowest BCUT2D eigenvalue weighted by Crippen LogP contribution is -2.26. The molecule has 0 unspecified atom stereocenters. The van der Waals surface area contributed by atoms with Crippen molar-refractivity contribution in [2.45, 2.75) is 18.1 Å². The molecule has 2 heterocycles. The van der Waals surface area contributed by atoms with Gasteiger partial charge in [-0.1, -0.05) is 35.5 Å². The quantitative estimate of drug-likeness (QED) is 0.764. The van der Waals surface area contributed by atoms with Gasteiger partial charge in [0.2, 0.25) is 11.7 Å². The van der Waals surface area contributed by atoms with Crippen molar-refractivity contribution < 1.29 is 19.2 Å². The number of rotatable bonds is 4. The number of carbonyl (C=O) groups excluding carboxylic acids is 1. The summed E-state index contributed by atoms with van der Waals surface area (Å²) in [4.78, 5) is 18.4. The second kappa shape index (κ2) is 6.85. The van der Waals surface area contributed by atoms with E-state index in [1.165, 1.54) is 4.90 Å². The Labute approximate surface area is 156 Å². The average molecular weight is 365 g/mol. The first-order valence-electron chi connectivity index (χ1n) is 8.58. The summed E-state index contributed by atoms with van der Waals surface area (Å²) in [5.74, 6) is 0.362. The Balaban J connectivity index is 1.70. The number of amides is 1. The SMILES string of the molecule is COc1ccc(-c2noc([C@@H]3[C@H](O)C(=O)N(C)[C@H]3c3ccccc3)n2)cc1. The molecule has 1 saturated heterocycles. The van der Waals surface area contributed by atoms with Crippen LogP contribution in [0.3, 0.4) is 0 Å². The lowest BCUT2D eigenvalue weighted by atomic mass is 9.92. The number of nitrogens with zero attached hydrogens (tertiary/aromatic N) is 3. The fraction of sp³-hybridized carbons (Fsp3) is 0.250. The number of hydrogen-bond acceptors (Lipinski definition) is 6. The number of ether oxygens (including phenoxy) is 1. The highest BCUT2D eigenvalue weighted by atomic mass is 16.5. The molecule has 1 amide bonds. The Kier molecular flexibility index (Phi) is 4.37. The van der Waals surface area contributed by atoms with Gasteiger partial charge in [0.05, 0.1) is 19.1 Å². The van der Waals surface area contributed by atoms with Crippen LogP contribution in [0.15, 0.2) is 59.1 Å². The molecule has 4 rings (SSSR count). The van der Waals surface area contributed by atoms with Gasteiger partial charge in [-0.2, -0.15) is 4.98 Å². The molecule has 1 fully saturated rings. The van der Waals surface area contributed by atoms with Crippen LogP contribution in [0.2, 0.25) is 0 Å². The standard InChI is InChI=1S/C20H19N3O4/c1-23-16(12-6-4-3-5-7-12)15(17(24)20(23)25)19-21-18(22-27-19)13-8-10-14(26-2)11-9-13/h3-11,15-17,24H,1-2H3/t15-,16-,17-/m0/s1. The minimum atomic E-state index is -1.23. The first-order valence-corrected chi connectivity index (χ1v) is 8.58. The lowest BCUT2D eigenvalue weighted by Gasteiger charge is -2.23. The molecule has 1 N–H and O–H groups in total. The fourth-order valence-electron chi connectivity index (χ4n) is 3.49. The molecule has 1 aliphatic heterocycles. The molecule has 0 saturated carbocycles. The number of benzene rings is 2. The number of aliphatic hydroxyl groups is 1. The fourth-order valence-corrected chi connectivity index (χ4v) is 3.49. The Morgan fingerprint density at radius 1 is 1.11 bits per heavy atom. The van der Waals surface area contributed by atoms with Gasteiger partial charge < -0.3 is 19.3 Å². The van der Waals surface area contributed by atoms with E-state index in [1.807, 2.05) is 42.5 Å². The van der Waals surface area contributed by atoms with Gasteiger partial charge in [0, 0.05) is 12.6 Å². The molecule has 0 aliphatic carbocycles. The molecule has 7 heteroatoms. The van der Waals surface area contributed by atoms with Crippen LogP contribution < -0.4 is 4.74 Å². The summed E-state index contributed by atoms with van der Waals surface area (Å²) >= 11 is 0. The van der Waals surface area contributed by atoms with Crippen molar-refractivity contribution in [1.29, 1.82) is 0 Å². The molecular weight excluding hydrogens is 346 g/mol. The first kappa shape index (κ1) is 17.2. The second-order valence-corrected chi connectivity index (χ2v) is 6.46. The topological polar surface area (TPSA) is 88.7 Å². The monoisotopic (exact) mass is 365 g/mol. The van der Waals surface area contributed by atoms with Crippen molar-refractivity contribution in [2.24, 2.45) is 0 Å². The zero-order chi connectivity index (χ0) is 19.0. The van der Waals surface area contributed by atoms with Crippen LogP contribution >= 0.6 is 0 Å². The maximum atomic E-state index is 12.4. The smallest absolute Gasteiger partial charge is 0.252 e. The summed E-state index contributed by atoms with van der Waals surface area (Å²) in [7, 11) is 3.27. The van der Waals surface area contributed by atoms with E-state index >= 15 is 0 Å². The predicted molar refractivity (Wildman–Crippen MR) is 97.0 cm³/mol. The molecule has 1 aromatic heterocycles. The summed E-state index contributed by atoms with van der Waals surface area (Å²) in [5.41, 5.74) is 1.66. The third-order valence-electron chi connectivity index (χ3n) is 4.91. The minimum absolute atomic E-state index is 0.236. The molecule has 3 atom stereocenters. The van der Waals surface area contributed by atoms with Gasteiger partial charge in [-0.25, -0.2) is 0 Å². The molecule has 0 bridgehead atoms. The van der Waals surface area contributed by atoms with E-state index in [2.05, 4.69) is 10.1 Å². The van der Waals surface area contributed by atoms with E-state index < -0.39 is 12.0 Å². The number of aromatic nitrogens is 2. The van der Waals surface area contributed by atoms with Crippen molar-refractivity contribution in [2.75, 3.05) is 14.2 Å². The first-order chi connectivity index (χ1) is 13.1. The molecule has 0 radical (unpaired) electrons. The zero-order valence-electron chi connectivity index (χ0n) is 14.9. The Hall–Kier alpha value is -3.19. The molecule has 3 aromatic rings. The van der Waals surface area contributed by atoms with Gasteiger partial charge in [0.1, 0.15) is 11.9 Å². The molecule has 1 aliphatic rings. The Morgan fingerprint density at radius 3 is 2.48 bits per heavy atom. The lowest BCUT2D eigenvalue weighted by molar-refractivity contribution is -0.134. The normalized spacial score (nSPS) is 22.3. The highest BCUT2D eigenvalue weighted by molar-refractivity contribution is 5.85. The van der Waals surface area contributed by atoms with E-state index in [0.29, 0.717) is 5.82 Å². The maximum Gasteiger partial charge on any atom is 0.252 e. The molecule has 7 nitrogen and oxygen atoms in total. The van der Waals surface area contributed by atoms with Gasteiger partial charge >= 0.3 is 0 Å². The van der Waals surface area contributed by atoms with E-state index in [9.17, 15) is 9.90 Å². The van der Waals surface area contributed by atoms with E-state index in [-0.39, 0.29) is 17.8 Å². The highest BCUT2D eigenvalue weighted by Gasteiger charge is 2.49. The number of aliphatic hydroxyl groups excluding tert-OH is 1. The van der Waals surface area contributed by atoms with Crippen molar-refractivity contribution in [3.05, 3.63) is 66.1 Å². The Bertz CT molecular complexity index is 939. The van der Waals surface area contributed by atoms with Gasteiger partial charge in [0.15, 0.2) is 0 Å². The van der Waals surface area contributed by atoms with Gasteiger partial charge in [-0.3, -0.25) is 4.79 Å². The zero-order valence-corrected chi connectivity index (χ0v) is 14.9. The van der Waals surface area contributed by atoms with Crippen molar-refractivity contribution >= 4 is 5.91 Å². The van der Waals surface area contributed by atoms with E-state index in [0.717, 1.165) is 16.9 Å². The molecule has 138 valence electrons. The molecule has 0 spiro atoms. The van der Waals surface area contributed by atoms with Crippen LogP contribution in [-0.4, -0.2) is 46.3 Å². The predicted octanol–water partition coefficient (Wildman–Crippen LogP) is 2.40. The summed E-state index contributed by atoms with van der Waals surface area (Å²) in [6.45, 7) is 0. The Morgan fingerprint density at radius 2 is 1.81 bits per heavy atom. The minimum Gasteiger partial charge on any atom is -0.497 e. The maximum absolute atomic E-state index is 12.4. The van der Waals surface area contributed by atoms with Crippen molar-refractivity contribution in [3.8, 4) is 17.1 Å². The molecule has 27 heavy (non-hydrogen) atoms. The third kappa shape index (κ3) is 2.96. The summed E-state index contributed by atoms with van der Waals surface area (Å²) in [6, 6.07) is 16.4. The van der Waals surface area contributed by atoms with Crippen LogP contribution in [0.25, 0.3) is 11.4 Å². The number of hydrogen-bond donors (Lipinski definition) is 1. The third-order valence-corrected chi connectivity index (χ3v) is 4.91. The largest absolute Gasteiger partial charge is 0.497 e. The number of likely N-dealkylation sites (N-methyl/N-ethyl adjacent to an activating group) is 1. The average Bonchev–Trinajstić information content (AvgIpc) is 3.28. The van der Waals surface area contributed by atoms with Gasteiger partial charge in [-0.15, -0.1) is 0 Å². The van der Waals surface area contributed by atoms with E-state index in [4.69, 9.17) is 9.26 Å². The number of methoxy groups -OCH3 is 1. The summed E-state index contributed by atoms with van der Waals surface area (Å²) < 4.78 is 10.6. The van der Waals surface area contributed by atoms with Crippen LogP contribution in [0.1, 0.15) is 23.4 Å². The summed E-state index contributed by atoms with van der Waals surface area (Å²) in [6.07, 6.45) is -1.23. The van der Waals surface area contributed by atoms with Crippen LogP contribution in [0.4, 0.5) is 0 Å². The van der Waals surface area contributed by atoms with E-state index in [1.54, 1.807) is 26.3 Å². The molecule has 2 aromatic carbocycles. The van der Waals surface area contributed by atoms with Crippen LogP contribution in [0.5, 0.6) is 5.75 Å². The number of carbonyl (C=O) groups is 1. The van der Waals surface area contributed by atoms with Crippen LogP contribution in [0, 0.1) is 0 Å². The van der Waals surface area contributed by atoms with Gasteiger partial charge in [-0.05, 0) is 29.8 Å². The highest BCUT2D eigenvalue weighted by Crippen LogP contribution is 2.43. The van der Waals surface area contributed by atoms with Crippen molar-refractivity contribution in [3.63, 3.8) is 0 Å².